The number of nitrogens with two attached hydrogens (primary N) is 1. The maximum absolute atomic E-state index is 12.4. The molecule has 2 heterocycles. The van der Waals surface area contributed by atoms with Crippen LogP contribution in [0.2, 0.25) is 0 Å². The molecule has 0 radical (unpaired) electrons. The summed E-state index contributed by atoms with van der Waals surface area (Å²) in [6.45, 7) is 0.248. The molecule has 0 aliphatic carbocycles. The quantitative estimate of drug-likeness (QED) is 0.546. The van der Waals surface area contributed by atoms with E-state index in [2.05, 4.69) is 25.0 Å². The van der Waals surface area contributed by atoms with Gasteiger partial charge in [-0.25, -0.2) is 18.1 Å². The van der Waals surface area contributed by atoms with Gasteiger partial charge in [0.15, 0.2) is 0 Å². The molecule has 0 amide bonds. The van der Waals surface area contributed by atoms with Crippen LogP contribution in [0.1, 0.15) is 11.3 Å². The number of sulfonamides is 1. The second kappa shape index (κ2) is 8.43. The first kappa shape index (κ1) is 19.2. The van der Waals surface area contributed by atoms with Gasteiger partial charge in [-0.05, 0) is 36.4 Å². The molecule has 0 aliphatic rings. The van der Waals surface area contributed by atoms with Crippen LogP contribution >= 0.6 is 0 Å². The van der Waals surface area contributed by atoms with Gasteiger partial charge < -0.3 is 11.1 Å². The number of nitrogens with zero attached hydrogens (tertiary/aromatic N) is 4. The Kier molecular flexibility index (Phi) is 5.78. The van der Waals surface area contributed by atoms with Gasteiger partial charge in [0, 0.05) is 30.5 Å². The normalized spacial score (nSPS) is 11.0. The van der Waals surface area contributed by atoms with E-state index in [-0.39, 0.29) is 28.8 Å². The molecule has 28 heavy (non-hydrogen) atoms. The van der Waals surface area contributed by atoms with Crippen molar-refractivity contribution in [3.8, 4) is 6.07 Å². The lowest BCUT2D eigenvalue weighted by molar-refractivity contribution is 0.581. The number of anilines is 3. The van der Waals surface area contributed by atoms with Gasteiger partial charge in [0.2, 0.25) is 16.0 Å². The van der Waals surface area contributed by atoms with Crippen molar-refractivity contribution >= 4 is 27.5 Å². The fourth-order valence-corrected chi connectivity index (χ4v) is 3.36. The molecule has 0 saturated heterocycles. The second-order valence-electron chi connectivity index (χ2n) is 5.72. The average molecular weight is 395 g/mol. The van der Waals surface area contributed by atoms with Crippen molar-refractivity contribution in [1.29, 1.82) is 5.26 Å². The molecule has 0 fully saturated rings. The zero-order valence-electron chi connectivity index (χ0n) is 14.7. The van der Waals surface area contributed by atoms with Crippen LogP contribution in [0.5, 0.6) is 0 Å². The summed E-state index contributed by atoms with van der Waals surface area (Å²) in [6, 6.07) is 13.5. The highest BCUT2D eigenvalue weighted by molar-refractivity contribution is 7.89. The van der Waals surface area contributed by atoms with Gasteiger partial charge in [0.05, 0.1) is 11.1 Å². The van der Waals surface area contributed by atoms with E-state index < -0.39 is 10.0 Å². The fourth-order valence-electron chi connectivity index (χ4n) is 2.33. The standard InChI is InChI=1S/C18H17N7O2S/c19-11-13-12-22-18(25-17(13)20)24-15-4-6-16(7-5-15)28(26,27)23-10-8-14-3-1-2-9-21-14/h1-7,9,12,23H,8,10H2,(H3,20,22,24,25). The molecule has 0 atom stereocenters. The van der Waals surface area contributed by atoms with Crippen LogP contribution in [0.3, 0.4) is 0 Å². The van der Waals surface area contributed by atoms with Gasteiger partial charge in [0.1, 0.15) is 17.5 Å². The molecule has 10 heteroatoms. The minimum Gasteiger partial charge on any atom is -0.382 e. The highest BCUT2D eigenvalue weighted by Crippen LogP contribution is 2.18. The minimum atomic E-state index is -3.63. The van der Waals surface area contributed by atoms with Gasteiger partial charge in [-0.1, -0.05) is 6.07 Å². The van der Waals surface area contributed by atoms with Crippen LogP contribution < -0.4 is 15.8 Å². The molecule has 0 unspecified atom stereocenters. The second-order valence-corrected chi connectivity index (χ2v) is 7.49. The lowest BCUT2D eigenvalue weighted by atomic mass is 10.3. The van der Waals surface area contributed by atoms with E-state index in [9.17, 15) is 8.42 Å². The van der Waals surface area contributed by atoms with E-state index in [4.69, 9.17) is 11.0 Å². The molecule has 0 saturated carbocycles. The van der Waals surface area contributed by atoms with Gasteiger partial charge in [0.25, 0.3) is 0 Å². The zero-order valence-corrected chi connectivity index (χ0v) is 15.5. The van der Waals surface area contributed by atoms with E-state index in [1.54, 1.807) is 24.4 Å². The van der Waals surface area contributed by atoms with Crippen molar-refractivity contribution < 1.29 is 8.42 Å². The largest absolute Gasteiger partial charge is 0.382 e. The van der Waals surface area contributed by atoms with Crippen molar-refractivity contribution in [1.82, 2.24) is 19.7 Å². The smallest absolute Gasteiger partial charge is 0.240 e. The Bertz CT molecular complexity index is 1100. The Hall–Kier alpha value is -3.55. The van der Waals surface area contributed by atoms with Crippen molar-refractivity contribution in [3.05, 3.63) is 66.1 Å². The zero-order chi connectivity index (χ0) is 20.0. The number of rotatable bonds is 7. The molecule has 2 aromatic heterocycles. The number of nitriles is 1. The topological polar surface area (TPSA) is 147 Å². The molecule has 4 N–H and O–H groups in total. The predicted molar refractivity (Wildman–Crippen MR) is 104 cm³/mol. The molecule has 0 aliphatic heterocycles. The number of nitrogen functional groups attached to an aromatic ring is 1. The molecular formula is C18H17N7O2S. The van der Waals surface area contributed by atoms with E-state index in [1.807, 2.05) is 18.2 Å². The SMILES string of the molecule is N#Cc1cnc(Nc2ccc(S(=O)(=O)NCCc3ccccn3)cc2)nc1N. The van der Waals surface area contributed by atoms with Crippen LogP contribution in [-0.4, -0.2) is 29.9 Å². The van der Waals surface area contributed by atoms with E-state index >= 15 is 0 Å². The van der Waals surface area contributed by atoms with Crippen LogP contribution in [-0.2, 0) is 16.4 Å². The monoisotopic (exact) mass is 395 g/mol. The van der Waals surface area contributed by atoms with Crippen molar-refractivity contribution in [3.63, 3.8) is 0 Å². The summed E-state index contributed by atoms with van der Waals surface area (Å²) in [4.78, 5) is 12.3. The lowest BCUT2D eigenvalue weighted by Gasteiger charge is -2.09. The summed E-state index contributed by atoms with van der Waals surface area (Å²) in [5.74, 6) is 0.275. The van der Waals surface area contributed by atoms with Crippen LogP contribution in [0.25, 0.3) is 0 Å². The summed E-state index contributed by atoms with van der Waals surface area (Å²) in [6.07, 6.45) is 3.48. The third-order valence-electron chi connectivity index (χ3n) is 3.76. The van der Waals surface area contributed by atoms with Gasteiger partial charge in [-0.15, -0.1) is 0 Å². The van der Waals surface area contributed by atoms with Gasteiger partial charge in [-0.3, -0.25) is 4.98 Å². The third kappa shape index (κ3) is 4.79. The van der Waals surface area contributed by atoms with Crippen molar-refractivity contribution in [2.24, 2.45) is 0 Å². The van der Waals surface area contributed by atoms with Crippen LogP contribution in [0.4, 0.5) is 17.5 Å². The predicted octanol–water partition coefficient (Wildman–Crippen LogP) is 1.59. The molecule has 142 valence electrons. The molecule has 3 aromatic rings. The Morgan fingerprint density at radius 1 is 1.11 bits per heavy atom. The Morgan fingerprint density at radius 3 is 2.54 bits per heavy atom. The summed E-state index contributed by atoms with van der Waals surface area (Å²) in [7, 11) is -3.63. The summed E-state index contributed by atoms with van der Waals surface area (Å²) >= 11 is 0. The van der Waals surface area contributed by atoms with Crippen LogP contribution in [0.15, 0.2) is 59.8 Å². The number of hydrogen-bond acceptors (Lipinski definition) is 8. The summed E-state index contributed by atoms with van der Waals surface area (Å²) < 4.78 is 27.3. The molecule has 0 spiro atoms. The summed E-state index contributed by atoms with van der Waals surface area (Å²) in [5, 5.41) is 11.7. The Balaban J connectivity index is 1.62. The number of pyridine rings is 1. The molecule has 3 rings (SSSR count). The van der Waals surface area contributed by atoms with E-state index in [0.29, 0.717) is 12.1 Å². The Morgan fingerprint density at radius 2 is 1.89 bits per heavy atom. The first-order chi connectivity index (χ1) is 13.5. The first-order valence-electron chi connectivity index (χ1n) is 8.27. The maximum Gasteiger partial charge on any atom is 0.240 e. The number of hydrogen-bond donors (Lipinski definition) is 3. The highest BCUT2D eigenvalue weighted by Gasteiger charge is 2.13. The maximum atomic E-state index is 12.4. The first-order valence-corrected chi connectivity index (χ1v) is 9.75. The molecule has 9 nitrogen and oxygen atoms in total. The van der Waals surface area contributed by atoms with E-state index in [0.717, 1.165) is 5.69 Å². The minimum absolute atomic E-state index is 0.0660. The van der Waals surface area contributed by atoms with Crippen molar-refractivity contribution in [2.45, 2.75) is 11.3 Å². The van der Waals surface area contributed by atoms with Gasteiger partial charge in [-0.2, -0.15) is 10.2 Å². The number of nitrogens with one attached hydrogen (secondary N) is 2. The molecule has 0 bridgehead atoms. The highest BCUT2D eigenvalue weighted by atomic mass is 32.2. The lowest BCUT2D eigenvalue weighted by Crippen LogP contribution is -2.26. The average Bonchev–Trinajstić information content (AvgIpc) is 2.69. The van der Waals surface area contributed by atoms with Crippen molar-refractivity contribution in [2.75, 3.05) is 17.6 Å². The Labute approximate surface area is 162 Å². The van der Waals surface area contributed by atoms with E-state index in [1.165, 1.54) is 18.3 Å². The van der Waals surface area contributed by atoms with Gasteiger partial charge >= 0.3 is 0 Å². The number of aromatic nitrogens is 3. The fraction of sp³-hybridized carbons (Fsp3) is 0.111. The van der Waals surface area contributed by atoms with Crippen LogP contribution in [0, 0.1) is 11.3 Å². The number of benzene rings is 1. The molecular weight excluding hydrogens is 378 g/mol. The third-order valence-corrected chi connectivity index (χ3v) is 5.24. The molecule has 1 aromatic carbocycles. The summed E-state index contributed by atoms with van der Waals surface area (Å²) in [5.41, 5.74) is 7.23.